The van der Waals surface area contributed by atoms with Gasteiger partial charge in [0, 0.05) is 62.3 Å². The first-order chi connectivity index (χ1) is 40.0. The Hall–Kier alpha value is -6.64. The van der Waals surface area contributed by atoms with E-state index < -0.39 is 131 Å². The second-order valence-electron chi connectivity index (χ2n) is 25.9. The van der Waals surface area contributed by atoms with Crippen molar-refractivity contribution >= 4 is 69.9 Å². The SMILES string of the molecule is CC[C@H](C)[C@H]1C(=O)N[C@@H](C)C(=O)N(C)[C@@H](CC(C)C)C(=O)N[C@@H](Cc2ccc3ccccc3c2)C(=O)N(C)CCCC[C@H](N(C)C(=O)[C@H](CC(C)C)N(C)C(=O)[C@H](C)N(C)C(=O)[C@H](OC(=O)[C@H](C(C)C)N(C)C)C(C)C)C(=O)N(C)[C@@H](C)C(=O)N1C. The summed E-state index contributed by atoms with van der Waals surface area (Å²) in [6.45, 7) is 23.4. The molecule has 86 heavy (non-hydrogen) atoms. The Kier molecular flexibility index (Phi) is 28.2. The van der Waals surface area contributed by atoms with Crippen LogP contribution >= 0.6 is 0 Å². The predicted octanol–water partition coefficient (Wildman–Crippen LogP) is 5.31. The molecule has 2 aromatic carbocycles. The molecule has 1 saturated heterocycles. The van der Waals surface area contributed by atoms with E-state index in [1.54, 1.807) is 46.8 Å². The minimum atomic E-state index is -1.21. The van der Waals surface area contributed by atoms with E-state index in [-0.39, 0.29) is 50.0 Å². The molecule has 0 saturated carbocycles. The number of hydrogen-bond donors (Lipinski definition) is 2. The maximum Gasteiger partial charge on any atom is 0.324 e. The van der Waals surface area contributed by atoms with Crippen molar-refractivity contribution < 1.29 is 52.7 Å². The van der Waals surface area contributed by atoms with E-state index in [1.807, 2.05) is 97.9 Å². The van der Waals surface area contributed by atoms with Crippen molar-refractivity contribution in [3.8, 4) is 0 Å². The second kappa shape index (κ2) is 32.9. The van der Waals surface area contributed by atoms with Crippen molar-refractivity contribution in [3.05, 3.63) is 48.0 Å². The fourth-order valence-electron chi connectivity index (χ4n) is 11.4. The number of carbonyl (C=O) groups excluding carboxylic acids is 10. The zero-order valence-electron chi connectivity index (χ0n) is 55.9. The molecule has 2 aromatic rings. The Morgan fingerprint density at radius 2 is 1.26 bits per heavy atom. The monoisotopic (exact) mass is 1200 g/mol. The van der Waals surface area contributed by atoms with Crippen molar-refractivity contribution in [1.82, 2.24) is 49.8 Å². The van der Waals surface area contributed by atoms with Crippen molar-refractivity contribution in [3.63, 3.8) is 0 Å². The van der Waals surface area contributed by atoms with Crippen molar-refractivity contribution in [2.75, 3.05) is 70.0 Å². The summed E-state index contributed by atoms with van der Waals surface area (Å²) in [5, 5.41) is 7.79. The topological polar surface area (TPSA) is 230 Å². The Bertz CT molecular complexity index is 2670. The lowest BCUT2D eigenvalue weighted by molar-refractivity contribution is -0.169. The first-order valence-electron chi connectivity index (χ1n) is 30.8. The second-order valence-corrected chi connectivity index (χ2v) is 25.9. The van der Waals surface area contributed by atoms with E-state index in [9.17, 15) is 38.4 Å². The highest BCUT2D eigenvalue weighted by Gasteiger charge is 2.43. The fourth-order valence-corrected chi connectivity index (χ4v) is 11.4. The lowest BCUT2D eigenvalue weighted by Gasteiger charge is -2.40. The molecule has 21 heteroatoms. The highest BCUT2D eigenvalue weighted by atomic mass is 16.6. The van der Waals surface area contributed by atoms with Crippen LogP contribution in [0.15, 0.2) is 42.5 Å². The molecule has 0 aromatic heterocycles. The van der Waals surface area contributed by atoms with Crippen LogP contribution in [-0.2, 0) is 59.1 Å². The van der Waals surface area contributed by atoms with Crippen LogP contribution in [0.2, 0.25) is 0 Å². The van der Waals surface area contributed by atoms with Gasteiger partial charge in [-0.3, -0.25) is 52.8 Å². The molecular weight excluding hydrogens is 1100 g/mol. The lowest BCUT2D eigenvalue weighted by Crippen LogP contribution is -2.61. The van der Waals surface area contributed by atoms with Gasteiger partial charge in [0.2, 0.25) is 47.3 Å². The van der Waals surface area contributed by atoms with Gasteiger partial charge < -0.3 is 49.7 Å². The van der Waals surface area contributed by atoms with Crippen LogP contribution in [0.3, 0.4) is 0 Å². The molecule has 2 N–H and O–H groups in total. The zero-order valence-corrected chi connectivity index (χ0v) is 55.9. The average Bonchev–Trinajstić information content (AvgIpc) is 2.96. The molecule has 11 atom stereocenters. The average molecular weight is 1200 g/mol. The number of fused-ring (bicyclic) bond motifs is 1. The van der Waals surface area contributed by atoms with Gasteiger partial charge in [0.15, 0.2) is 6.10 Å². The van der Waals surface area contributed by atoms with Crippen molar-refractivity contribution in [2.24, 2.45) is 29.6 Å². The number of nitrogens with zero attached hydrogens (tertiary/aromatic N) is 8. The van der Waals surface area contributed by atoms with E-state index in [2.05, 4.69) is 10.6 Å². The molecule has 1 aliphatic rings. The summed E-state index contributed by atoms with van der Waals surface area (Å²) in [5.74, 6) is -6.80. The Morgan fingerprint density at radius 1 is 0.651 bits per heavy atom. The highest BCUT2D eigenvalue weighted by molar-refractivity contribution is 5.98. The van der Waals surface area contributed by atoms with Gasteiger partial charge in [-0.2, -0.15) is 0 Å². The molecule has 0 bridgehead atoms. The fraction of sp³-hybridized carbons (Fsp3) is 0.692. The normalized spacial score (nSPS) is 22.3. The molecule has 1 heterocycles. The van der Waals surface area contributed by atoms with E-state index >= 15 is 9.59 Å². The summed E-state index contributed by atoms with van der Waals surface area (Å²) < 4.78 is 5.87. The highest BCUT2D eigenvalue weighted by Crippen LogP contribution is 2.25. The smallest absolute Gasteiger partial charge is 0.324 e. The van der Waals surface area contributed by atoms with Crippen LogP contribution in [-0.4, -0.2) is 229 Å². The lowest BCUT2D eigenvalue weighted by atomic mass is 9.95. The molecular formula is C65H106N10O11. The summed E-state index contributed by atoms with van der Waals surface area (Å²) in [4.78, 5) is 157. The van der Waals surface area contributed by atoms with Gasteiger partial charge in [0.05, 0.1) is 0 Å². The van der Waals surface area contributed by atoms with E-state index in [0.29, 0.717) is 19.3 Å². The molecule has 1 fully saturated rings. The Morgan fingerprint density at radius 3 is 1.80 bits per heavy atom. The van der Waals surface area contributed by atoms with Gasteiger partial charge in [-0.1, -0.05) is 118 Å². The quantitative estimate of drug-likeness (QED) is 0.171. The maximum absolute atomic E-state index is 15.2. The van der Waals surface area contributed by atoms with E-state index in [4.69, 9.17) is 4.74 Å². The summed E-state index contributed by atoms with van der Waals surface area (Å²) in [7, 11) is 14.0. The van der Waals surface area contributed by atoms with Crippen molar-refractivity contribution in [1.29, 1.82) is 0 Å². The largest absolute Gasteiger partial charge is 0.451 e. The Balaban J connectivity index is 2.16. The van der Waals surface area contributed by atoms with Crippen molar-refractivity contribution in [2.45, 2.75) is 195 Å². The standard InChI is InChI=1S/C65H106N10O11/c1-23-42(10)54-57(77)66-43(11)58(78)73(20)51(34-38(2)3)56(76)67-49(37-46-31-32-47-28-24-25-29-48(47)36-46)61(81)69(16)33-27-26-30-50(62(82)70(17)45(13)60(80)75(54)22)72(19)63(83)52(35-39(4)5)74(21)59(79)44(12)71(18)64(84)55(41(8)9)86-65(85)53(40(6)7)68(14)15/h24-25,28-29,31-32,36,38-45,49-55H,23,26-27,30,33-35,37H2,1-22H3,(H,66,77)(H,67,76)/t42-,43-,44-,45-,49-,50-,51-,52-,53-,54-,55+/m0/s1. The predicted molar refractivity (Wildman–Crippen MR) is 335 cm³/mol. The van der Waals surface area contributed by atoms with Gasteiger partial charge in [0.25, 0.3) is 5.91 Å². The number of rotatable bonds is 19. The number of nitrogens with one attached hydrogen (secondary N) is 2. The van der Waals surface area contributed by atoms with Gasteiger partial charge >= 0.3 is 5.97 Å². The van der Waals surface area contributed by atoms with Crippen LogP contribution < -0.4 is 10.6 Å². The van der Waals surface area contributed by atoms with Gasteiger partial charge in [-0.25, -0.2) is 0 Å². The zero-order chi connectivity index (χ0) is 65.5. The molecule has 0 unspecified atom stereocenters. The van der Waals surface area contributed by atoms with Crippen LogP contribution in [0.5, 0.6) is 0 Å². The summed E-state index contributed by atoms with van der Waals surface area (Å²) in [5.41, 5.74) is 0.793. The summed E-state index contributed by atoms with van der Waals surface area (Å²) in [6.07, 6.45) is 0.490. The number of benzene rings is 2. The molecule has 3 rings (SSSR count). The summed E-state index contributed by atoms with van der Waals surface area (Å²) >= 11 is 0. The molecule has 21 nitrogen and oxygen atoms in total. The molecule has 0 radical (unpaired) electrons. The minimum absolute atomic E-state index is 0.0616. The third kappa shape index (κ3) is 18.9. The van der Waals surface area contributed by atoms with E-state index in [0.717, 1.165) is 16.3 Å². The number of esters is 1. The van der Waals surface area contributed by atoms with Gasteiger partial charge in [-0.15, -0.1) is 0 Å². The number of likely N-dealkylation sites (N-methyl/N-ethyl adjacent to an activating group) is 8. The minimum Gasteiger partial charge on any atom is -0.451 e. The van der Waals surface area contributed by atoms with Crippen LogP contribution in [0.1, 0.15) is 134 Å². The molecule has 1 aliphatic heterocycles. The van der Waals surface area contributed by atoms with E-state index in [1.165, 1.54) is 90.4 Å². The van der Waals surface area contributed by atoms with Crippen LogP contribution in [0.4, 0.5) is 0 Å². The van der Waals surface area contributed by atoms with Crippen LogP contribution in [0.25, 0.3) is 10.8 Å². The number of amides is 9. The molecule has 0 aliphatic carbocycles. The first kappa shape index (κ1) is 73.6. The first-order valence-corrected chi connectivity index (χ1v) is 30.8. The third-order valence-electron chi connectivity index (χ3n) is 17.2. The van der Waals surface area contributed by atoms with Gasteiger partial charge in [-0.05, 0) is 113 Å². The number of hydrogen-bond acceptors (Lipinski definition) is 12. The van der Waals surface area contributed by atoms with Crippen LogP contribution in [0, 0.1) is 29.6 Å². The number of ether oxygens (including phenoxy) is 1. The molecule has 482 valence electrons. The van der Waals surface area contributed by atoms with Gasteiger partial charge in [0.1, 0.15) is 54.4 Å². The number of carbonyl (C=O) groups is 10. The molecule has 0 spiro atoms. The third-order valence-corrected chi connectivity index (χ3v) is 17.2. The maximum atomic E-state index is 15.2. The molecule has 9 amide bonds. The Labute approximate surface area is 513 Å². The summed E-state index contributed by atoms with van der Waals surface area (Å²) in [6, 6.07) is 4.05.